The Morgan fingerprint density at radius 1 is 1.26 bits per heavy atom. The lowest BCUT2D eigenvalue weighted by atomic mass is 10.1. The monoisotopic (exact) mass is 343 g/mol. The Labute approximate surface area is 124 Å². The third kappa shape index (κ3) is 3.04. The van der Waals surface area contributed by atoms with Gasteiger partial charge in [-0.25, -0.2) is 14.4 Å². The number of hydrogen-bond acceptors (Lipinski definition) is 3. The van der Waals surface area contributed by atoms with Gasteiger partial charge in [0.25, 0.3) is 0 Å². The average Bonchev–Trinajstić information content (AvgIpc) is 2.30. The van der Waals surface area contributed by atoms with E-state index in [-0.39, 0.29) is 5.92 Å². The number of aromatic nitrogens is 2. The first-order valence-corrected chi connectivity index (χ1v) is 6.85. The Hall–Kier alpha value is -1.20. The summed E-state index contributed by atoms with van der Waals surface area (Å²) in [6.07, 6.45) is 0. The number of rotatable bonds is 2. The molecule has 0 saturated heterocycles. The lowest BCUT2D eigenvalue weighted by Crippen LogP contribution is -2.04. The van der Waals surface area contributed by atoms with Crippen molar-refractivity contribution in [2.45, 2.75) is 19.8 Å². The SMILES string of the molecule is CC(C)c1nc(-c2cc(F)cc(Cl)c2)nc(N)c1Br. The molecule has 2 aromatic rings. The summed E-state index contributed by atoms with van der Waals surface area (Å²) in [5.74, 6) is 0.432. The van der Waals surface area contributed by atoms with Crippen LogP contribution in [0.4, 0.5) is 10.2 Å². The summed E-state index contributed by atoms with van der Waals surface area (Å²) in [6, 6.07) is 4.17. The fraction of sp³-hybridized carbons (Fsp3) is 0.231. The zero-order valence-corrected chi connectivity index (χ0v) is 12.8. The topological polar surface area (TPSA) is 51.8 Å². The molecule has 2 N–H and O–H groups in total. The molecule has 0 saturated carbocycles. The van der Waals surface area contributed by atoms with E-state index in [1.54, 1.807) is 6.07 Å². The summed E-state index contributed by atoms with van der Waals surface area (Å²) < 4.78 is 14.0. The Kier molecular flexibility index (Phi) is 4.06. The number of hydrogen-bond donors (Lipinski definition) is 1. The molecule has 0 unspecified atom stereocenters. The van der Waals surface area contributed by atoms with Crippen molar-refractivity contribution in [3.63, 3.8) is 0 Å². The molecule has 1 heterocycles. The molecule has 0 aliphatic heterocycles. The minimum absolute atomic E-state index is 0.169. The molecule has 0 aliphatic rings. The van der Waals surface area contributed by atoms with Gasteiger partial charge < -0.3 is 5.73 Å². The van der Waals surface area contributed by atoms with E-state index in [9.17, 15) is 4.39 Å². The van der Waals surface area contributed by atoms with Crippen LogP contribution in [0.15, 0.2) is 22.7 Å². The molecule has 0 bridgehead atoms. The van der Waals surface area contributed by atoms with Crippen molar-refractivity contribution in [1.29, 1.82) is 0 Å². The summed E-state index contributed by atoms with van der Waals surface area (Å²) in [7, 11) is 0. The van der Waals surface area contributed by atoms with Crippen molar-refractivity contribution in [1.82, 2.24) is 9.97 Å². The molecule has 0 aliphatic carbocycles. The predicted molar refractivity (Wildman–Crippen MR) is 78.6 cm³/mol. The molecule has 6 heteroatoms. The number of anilines is 1. The first-order chi connectivity index (χ1) is 8.88. The summed E-state index contributed by atoms with van der Waals surface area (Å²) in [6.45, 7) is 3.99. The first kappa shape index (κ1) is 14.2. The van der Waals surface area contributed by atoms with Crippen LogP contribution < -0.4 is 5.73 Å². The van der Waals surface area contributed by atoms with Crippen molar-refractivity contribution < 1.29 is 4.39 Å². The van der Waals surface area contributed by atoms with Gasteiger partial charge in [0.1, 0.15) is 11.6 Å². The van der Waals surface area contributed by atoms with Crippen molar-refractivity contribution in [2.24, 2.45) is 0 Å². The molecule has 0 amide bonds. The quantitative estimate of drug-likeness (QED) is 0.878. The van der Waals surface area contributed by atoms with Gasteiger partial charge in [0.2, 0.25) is 0 Å². The van der Waals surface area contributed by atoms with Crippen LogP contribution >= 0.6 is 27.5 Å². The predicted octanol–water partition coefficient (Wildman–Crippen LogP) is 4.40. The van der Waals surface area contributed by atoms with Crippen LogP contribution in [0.2, 0.25) is 5.02 Å². The molecule has 19 heavy (non-hydrogen) atoms. The van der Waals surface area contributed by atoms with Crippen LogP contribution in [0.3, 0.4) is 0 Å². The zero-order chi connectivity index (χ0) is 14.2. The number of benzene rings is 1. The van der Waals surface area contributed by atoms with Gasteiger partial charge in [-0.1, -0.05) is 25.4 Å². The Balaban J connectivity index is 2.62. The maximum Gasteiger partial charge on any atom is 0.161 e. The second-order valence-electron chi connectivity index (χ2n) is 4.44. The highest BCUT2D eigenvalue weighted by Gasteiger charge is 2.14. The molecule has 1 aromatic heterocycles. The van der Waals surface area contributed by atoms with Gasteiger partial charge in [0.15, 0.2) is 5.82 Å². The second kappa shape index (κ2) is 5.43. The number of nitrogen functional groups attached to an aromatic ring is 1. The van der Waals surface area contributed by atoms with Gasteiger partial charge in [-0.15, -0.1) is 0 Å². The number of nitrogens with two attached hydrogens (primary N) is 1. The van der Waals surface area contributed by atoms with Gasteiger partial charge in [-0.2, -0.15) is 0 Å². The van der Waals surface area contributed by atoms with E-state index in [0.29, 0.717) is 26.7 Å². The lowest BCUT2D eigenvalue weighted by Gasteiger charge is -2.11. The second-order valence-corrected chi connectivity index (χ2v) is 5.67. The van der Waals surface area contributed by atoms with Crippen LogP contribution in [0.5, 0.6) is 0 Å². The van der Waals surface area contributed by atoms with Gasteiger partial charge in [0.05, 0.1) is 10.2 Å². The molecule has 100 valence electrons. The molecule has 0 radical (unpaired) electrons. The fourth-order valence-electron chi connectivity index (χ4n) is 1.68. The highest BCUT2D eigenvalue weighted by atomic mass is 79.9. The normalized spacial score (nSPS) is 11.1. The standard InChI is InChI=1S/C13H12BrClFN3/c1-6(2)11-10(14)12(17)19-13(18-11)7-3-8(15)5-9(16)4-7/h3-6H,1-2H3,(H2,17,18,19). The lowest BCUT2D eigenvalue weighted by molar-refractivity contribution is 0.628. The highest BCUT2D eigenvalue weighted by molar-refractivity contribution is 9.10. The maximum absolute atomic E-state index is 13.4. The van der Waals surface area contributed by atoms with Crippen molar-refractivity contribution in [3.8, 4) is 11.4 Å². The molecular formula is C13H12BrClFN3. The van der Waals surface area contributed by atoms with Crippen molar-refractivity contribution in [2.75, 3.05) is 5.73 Å². The van der Waals surface area contributed by atoms with Crippen LogP contribution in [0, 0.1) is 5.82 Å². The van der Waals surface area contributed by atoms with E-state index in [2.05, 4.69) is 25.9 Å². The van der Waals surface area contributed by atoms with Crippen LogP contribution in [-0.2, 0) is 0 Å². The molecule has 3 nitrogen and oxygen atoms in total. The molecule has 0 fully saturated rings. The van der Waals surface area contributed by atoms with Gasteiger partial charge in [-0.05, 0) is 40.0 Å². The minimum Gasteiger partial charge on any atom is -0.383 e. The molecule has 1 aromatic carbocycles. The van der Waals surface area contributed by atoms with E-state index in [1.165, 1.54) is 12.1 Å². The van der Waals surface area contributed by atoms with Crippen LogP contribution in [0.1, 0.15) is 25.5 Å². The molecule has 0 atom stereocenters. The van der Waals surface area contributed by atoms with Crippen LogP contribution in [-0.4, -0.2) is 9.97 Å². The van der Waals surface area contributed by atoms with Gasteiger partial charge >= 0.3 is 0 Å². The fourth-order valence-corrected chi connectivity index (χ4v) is 2.53. The Morgan fingerprint density at radius 2 is 1.95 bits per heavy atom. The summed E-state index contributed by atoms with van der Waals surface area (Å²) >= 11 is 9.20. The Bertz CT molecular complexity index is 611. The minimum atomic E-state index is -0.432. The van der Waals surface area contributed by atoms with Gasteiger partial charge in [-0.3, -0.25) is 0 Å². The van der Waals surface area contributed by atoms with Gasteiger partial charge in [0, 0.05) is 10.6 Å². The maximum atomic E-state index is 13.4. The number of halogens is 3. The highest BCUT2D eigenvalue weighted by Crippen LogP contribution is 2.30. The third-order valence-corrected chi connectivity index (χ3v) is 3.60. The van der Waals surface area contributed by atoms with Crippen molar-refractivity contribution >= 4 is 33.3 Å². The number of nitrogens with zero attached hydrogens (tertiary/aromatic N) is 2. The molecule has 0 spiro atoms. The van der Waals surface area contributed by atoms with E-state index in [0.717, 1.165) is 5.69 Å². The zero-order valence-electron chi connectivity index (χ0n) is 10.4. The Morgan fingerprint density at radius 3 is 2.53 bits per heavy atom. The molecule has 2 rings (SSSR count). The van der Waals surface area contributed by atoms with E-state index in [1.807, 2.05) is 13.8 Å². The third-order valence-electron chi connectivity index (χ3n) is 2.57. The first-order valence-electron chi connectivity index (χ1n) is 5.68. The van der Waals surface area contributed by atoms with Crippen molar-refractivity contribution in [3.05, 3.63) is 39.2 Å². The van der Waals surface area contributed by atoms with E-state index >= 15 is 0 Å². The van der Waals surface area contributed by atoms with Crippen LogP contribution in [0.25, 0.3) is 11.4 Å². The molecular weight excluding hydrogens is 333 g/mol. The summed E-state index contributed by atoms with van der Waals surface area (Å²) in [5.41, 5.74) is 7.13. The average molecular weight is 345 g/mol. The largest absolute Gasteiger partial charge is 0.383 e. The summed E-state index contributed by atoms with van der Waals surface area (Å²) in [5, 5.41) is 0.297. The summed E-state index contributed by atoms with van der Waals surface area (Å²) in [4.78, 5) is 8.58. The smallest absolute Gasteiger partial charge is 0.161 e. The van der Waals surface area contributed by atoms with E-state index < -0.39 is 5.82 Å². The van der Waals surface area contributed by atoms with E-state index in [4.69, 9.17) is 17.3 Å².